The first-order valence-electron chi connectivity index (χ1n) is 6.83. The fourth-order valence-corrected chi connectivity index (χ4v) is 2.37. The maximum absolute atomic E-state index is 12.5. The number of nitrogen functional groups attached to an aromatic ring is 1. The number of hydrogen-bond acceptors (Lipinski definition) is 4. The molecule has 0 radical (unpaired) electrons. The summed E-state index contributed by atoms with van der Waals surface area (Å²) in [6.45, 7) is 3.37. The van der Waals surface area contributed by atoms with Crippen molar-refractivity contribution in [2.24, 2.45) is 5.73 Å². The summed E-state index contributed by atoms with van der Waals surface area (Å²) in [5, 5.41) is 0.800. The molecule has 1 heterocycles. The zero-order valence-electron chi connectivity index (χ0n) is 11.6. The van der Waals surface area contributed by atoms with Gasteiger partial charge in [0.2, 0.25) is 0 Å². The topological polar surface area (TPSA) is 96.0 Å². The summed E-state index contributed by atoms with van der Waals surface area (Å²) in [5.41, 5.74) is 11.3. The quantitative estimate of drug-likeness (QED) is 0.614. The van der Waals surface area contributed by atoms with Gasteiger partial charge in [0.15, 0.2) is 0 Å². The summed E-state index contributed by atoms with van der Waals surface area (Å²) < 4.78 is 2.98. The van der Waals surface area contributed by atoms with Gasteiger partial charge in [0, 0.05) is 18.8 Å². The van der Waals surface area contributed by atoms with Crippen molar-refractivity contribution in [3.05, 3.63) is 38.9 Å². The Morgan fingerprint density at radius 3 is 2.40 bits per heavy atom. The maximum Gasteiger partial charge on any atom is 0.273 e. The van der Waals surface area contributed by atoms with E-state index in [1.54, 1.807) is 18.2 Å². The van der Waals surface area contributed by atoms with E-state index in [0.717, 1.165) is 12.8 Å². The molecule has 0 spiro atoms. The van der Waals surface area contributed by atoms with Crippen LogP contribution in [-0.2, 0) is 13.1 Å². The van der Waals surface area contributed by atoms with Crippen molar-refractivity contribution in [3.63, 3.8) is 0 Å². The third-order valence-electron chi connectivity index (χ3n) is 3.39. The molecule has 0 aliphatic rings. The van der Waals surface area contributed by atoms with Crippen LogP contribution in [0.3, 0.4) is 0 Å². The number of nitrogens with two attached hydrogens (primary N) is 2. The van der Waals surface area contributed by atoms with Crippen molar-refractivity contribution in [1.29, 1.82) is 0 Å². The number of rotatable bonds is 5. The highest BCUT2D eigenvalue weighted by Crippen LogP contribution is 2.10. The molecule has 0 unspecified atom stereocenters. The molecule has 2 aromatic rings. The number of benzene rings is 1. The molecule has 6 nitrogen and oxygen atoms in total. The van der Waals surface area contributed by atoms with E-state index in [9.17, 15) is 9.59 Å². The van der Waals surface area contributed by atoms with Crippen LogP contribution in [0.4, 0.5) is 5.69 Å². The molecule has 20 heavy (non-hydrogen) atoms. The molecule has 6 heteroatoms. The molecule has 0 saturated heterocycles. The van der Waals surface area contributed by atoms with Gasteiger partial charge in [0.25, 0.3) is 11.1 Å². The second kappa shape index (κ2) is 5.92. The van der Waals surface area contributed by atoms with E-state index in [0.29, 0.717) is 36.1 Å². The largest absolute Gasteiger partial charge is 0.399 e. The summed E-state index contributed by atoms with van der Waals surface area (Å²) >= 11 is 0. The van der Waals surface area contributed by atoms with Gasteiger partial charge in [-0.05, 0) is 44.5 Å². The lowest BCUT2D eigenvalue weighted by atomic mass is 10.1. The van der Waals surface area contributed by atoms with Crippen LogP contribution in [0.5, 0.6) is 0 Å². The van der Waals surface area contributed by atoms with Crippen LogP contribution in [0, 0.1) is 0 Å². The number of anilines is 1. The fraction of sp³-hybridized carbons (Fsp3) is 0.429. The first-order chi connectivity index (χ1) is 9.60. The van der Waals surface area contributed by atoms with Gasteiger partial charge in [-0.25, -0.2) is 9.36 Å². The lowest BCUT2D eigenvalue weighted by Crippen LogP contribution is -2.38. The minimum Gasteiger partial charge on any atom is -0.399 e. The molecule has 0 aliphatic heterocycles. The molecule has 108 valence electrons. The molecular formula is C14H20N4O2. The van der Waals surface area contributed by atoms with E-state index >= 15 is 0 Å². The minimum absolute atomic E-state index is 0.154. The number of hydrogen-bond donors (Lipinski definition) is 2. The first-order valence-corrected chi connectivity index (χ1v) is 6.83. The summed E-state index contributed by atoms with van der Waals surface area (Å²) in [6.07, 6.45) is 1.60. The number of nitrogens with zero attached hydrogens (tertiary/aromatic N) is 2. The monoisotopic (exact) mass is 276 g/mol. The Morgan fingerprint density at radius 2 is 1.75 bits per heavy atom. The van der Waals surface area contributed by atoms with E-state index in [-0.39, 0.29) is 11.1 Å². The van der Waals surface area contributed by atoms with Gasteiger partial charge in [0.1, 0.15) is 0 Å². The fourth-order valence-electron chi connectivity index (χ4n) is 2.37. The Balaban J connectivity index is 2.68. The zero-order chi connectivity index (χ0) is 14.7. The Hall–Kier alpha value is -2.08. The van der Waals surface area contributed by atoms with E-state index in [1.807, 2.05) is 6.92 Å². The van der Waals surface area contributed by atoms with Crippen LogP contribution in [0.25, 0.3) is 10.8 Å². The Labute approximate surface area is 116 Å². The SMILES string of the molecule is CCn1c(=O)c2cc(N)ccc2c(=O)n1CCCCN. The van der Waals surface area contributed by atoms with Gasteiger partial charge >= 0.3 is 0 Å². The highest BCUT2D eigenvalue weighted by atomic mass is 16.2. The van der Waals surface area contributed by atoms with Crippen LogP contribution in [-0.4, -0.2) is 15.9 Å². The van der Waals surface area contributed by atoms with Crippen molar-refractivity contribution in [2.75, 3.05) is 12.3 Å². The molecule has 0 saturated carbocycles. The standard InChI is InChI=1S/C14H20N4O2/c1-2-17-14(20)12-9-10(16)5-6-11(12)13(19)18(17)8-4-3-7-15/h5-6,9H,2-4,7-8,15-16H2,1H3. The van der Waals surface area contributed by atoms with Crippen molar-refractivity contribution in [1.82, 2.24) is 9.36 Å². The molecular weight excluding hydrogens is 256 g/mol. The van der Waals surface area contributed by atoms with Gasteiger partial charge in [-0.3, -0.25) is 9.59 Å². The number of aromatic nitrogens is 2. The minimum atomic E-state index is -0.179. The highest BCUT2D eigenvalue weighted by molar-refractivity contribution is 5.83. The molecule has 4 N–H and O–H groups in total. The number of fused-ring (bicyclic) bond motifs is 1. The van der Waals surface area contributed by atoms with Crippen LogP contribution in [0.15, 0.2) is 27.8 Å². The van der Waals surface area contributed by atoms with Crippen molar-refractivity contribution < 1.29 is 0 Å². The predicted octanol–water partition coefficient (Wildman–Crippen LogP) is 0.504. The predicted molar refractivity (Wildman–Crippen MR) is 80.8 cm³/mol. The zero-order valence-corrected chi connectivity index (χ0v) is 11.6. The van der Waals surface area contributed by atoms with E-state index in [4.69, 9.17) is 11.5 Å². The Kier molecular flexibility index (Phi) is 4.24. The molecule has 0 amide bonds. The van der Waals surface area contributed by atoms with Crippen LogP contribution >= 0.6 is 0 Å². The molecule has 2 rings (SSSR count). The van der Waals surface area contributed by atoms with Gasteiger partial charge in [-0.15, -0.1) is 0 Å². The molecule has 1 aromatic heterocycles. The molecule has 0 bridgehead atoms. The van der Waals surface area contributed by atoms with Crippen molar-refractivity contribution in [2.45, 2.75) is 32.9 Å². The van der Waals surface area contributed by atoms with Crippen molar-refractivity contribution >= 4 is 16.5 Å². The van der Waals surface area contributed by atoms with Crippen LogP contribution in [0.2, 0.25) is 0 Å². The maximum atomic E-state index is 12.5. The Bertz CT molecular complexity index is 730. The van der Waals surface area contributed by atoms with Crippen LogP contribution < -0.4 is 22.6 Å². The van der Waals surface area contributed by atoms with Gasteiger partial charge in [0.05, 0.1) is 10.8 Å². The lowest BCUT2D eigenvalue weighted by Gasteiger charge is -2.15. The van der Waals surface area contributed by atoms with Gasteiger partial charge < -0.3 is 11.5 Å². The smallest absolute Gasteiger partial charge is 0.273 e. The van der Waals surface area contributed by atoms with Crippen LogP contribution in [0.1, 0.15) is 19.8 Å². The van der Waals surface area contributed by atoms with E-state index in [1.165, 1.54) is 9.36 Å². The lowest BCUT2D eigenvalue weighted by molar-refractivity contribution is 0.418. The van der Waals surface area contributed by atoms with Gasteiger partial charge in [-0.1, -0.05) is 0 Å². The van der Waals surface area contributed by atoms with Gasteiger partial charge in [-0.2, -0.15) is 0 Å². The molecule has 0 aliphatic carbocycles. The summed E-state index contributed by atoms with van der Waals surface area (Å²) in [7, 11) is 0. The second-order valence-electron chi connectivity index (χ2n) is 4.75. The summed E-state index contributed by atoms with van der Waals surface area (Å²) in [5.74, 6) is 0. The first kappa shape index (κ1) is 14.3. The van der Waals surface area contributed by atoms with E-state index in [2.05, 4.69) is 0 Å². The highest BCUT2D eigenvalue weighted by Gasteiger charge is 2.11. The second-order valence-corrected chi connectivity index (χ2v) is 4.75. The molecule has 0 fully saturated rings. The summed E-state index contributed by atoms with van der Waals surface area (Å²) in [6, 6.07) is 4.83. The summed E-state index contributed by atoms with van der Waals surface area (Å²) in [4.78, 5) is 24.9. The average Bonchev–Trinajstić information content (AvgIpc) is 2.44. The molecule has 1 aromatic carbocycles. The third kappa shape index (κ3) is 2.46. The van der Waals surface area contributed by atoms with Crippen molar-refractivity contribution in [3.8, 4) is 0 Å². The number of unbranched alkanes of at least 4 members (excludes halogenated alkanes) is 1. The average molecular weight is 276 g/mol. The Morgan fingerprint density at radius 1 is 1.05 bits per heavy atom. The third-order valence-corrected chi connectivity index (χ3v) is 3.39. The van der Waals surface area contributed by atoms with E-state index < -0.39 is 0 Å². The normalized spacial score (nSPS) is 11.1. The molecule has 0 atom stereocenters.